The van der Waals surface area contributed by atoms with Crippen molar-refractivity contribution in [1.82, 2.24) is 0 Å². The molecule has 0 aromatic heterocycles. The molecule has 12 heavy (non-hydrogen) atoms. The van der Waals surface area contributed by atoms with Crippen LogP contribution < -0.4 is 0 Å². The van der Waals surface area contributed by atoms with Gasteiger partial charge in [-0.15, -0.1) is 0 Å². The van der Waals surface area contributed by atoms with E-state index in [9.17, 15) is 0 Å². The summed E-state index contributed by atoms with van der Waals surface area (Å²) in [4.78, 5) is 0. The molecule has 0 unspecified atom stereocenters. The topological polar surface area (TPSA) is 0 Å². The van der Waals surface area contributed by atoms with Crippen LogP contribution in [-0.4, -0.2) is 0 Å². The van der Waals surface area contributed by atoms with Crippen LogP contribution in [0.25, 0.3) is 0 Å². The molecule has 0 aromatic carbocycles. The Morgan fingerprint density at radius 1 is 0.750 bits per heavy atom. The standard InChI is InChI=1S/C12H24/c1-5-7-9-11(3)12(4)10-8-6-2/h5-10H2,1-4H3/b12-11-. The molecule has 0 aromatic rings. The first-order chi connectivity index (χ1) is 5.72. The van der Waals surface area contributed by atoms with E-state index in [1.54, 1.807) is 11.1 Å². The first-order valence-electron chi connectivity index (χ1n) is 5.37. The average molecular weight is 168 g/mol. The number of hydrogen-bond donors (Lipinski definition) is 0. The van der Waals surface area contributed by atoms with Crippen LogP contribution in [0.15, 0.2) is 11.1 Å². The average Bonchev–Trinajstić information content (AvgIpc) is 2.10. The summed E-state index contributed by atoms with van der Waals surface area (Å²) in [5, 5.41) is 0. The van der Waals surface area contributed by atoms with E-state index < -0.39 is 0 Å². The van der Waals surface area contributed by atoms with Crippen LogP contribution in [0.3, 0.4) is 0 Å². The van der Waals surface area contributed by atoms with Crippen LogP contribution in [0.2, 0.25) is 0 Å². The SMILES string of the molecule is CCCC/C(C)=C(/C)CCCC. The lowest BCUT2D eigenvalue weighted by atomic mass is 10.0. The van der Waals surface area contributed by atoms with Gasteiger partial charge in [0.05, 0.1) is 0 Å². The third kappa shape index (κ3) is 5.40. The van der Waals surface area contributed by atoms with Crippen LogP contribution in [-0.2, 0) is 0 Å². The third-order valence-electron chi connectivity index (χ3n) is 2.54. The van der Waals surface area contributed by atoms with Crippen LogP contribution in [0.5, 0.6) is 0 Å². The summed E-state index contributed by atoms with van der Waals surface area (Å²) in [7, 11) is 0. The first kappa shape index (κ1) is 11.7. The van der Waals surface area contributed by atoms with Crippen molar-refractivity contribution in [1.29, 1.82) is 0 Å². The highest BCUT2D eigenvalue weighted by atomic mass is 14.0. The molecule has 0 N–H and O–H groups in total. The number of hydrogen-bond acceptors (Lipinski definition) is 0. The lowest BCUT2D eigenvalue weighted by Crippen LogP contribution is -1.85. The Morgan fingerprint density at radius 2 is 1.08 bits per heavy atom. The first-order valence-corrected chi connectivity index (χ1v) is 5.37. The van der Waals surface area contributed by atoms with E-state index in [1.165, 1.54) is 38.5 Å². The van der Waals surface area contributed by atoms with Gasteiger partial charge in [-0.25, -0.2) is 0 Å². The Kier molecular flexibility index (Phi) is 7.23. The lowest BCUT2D eigenvalue weighted by Gasteiger charge is -2.06. The van der Waals surface area contributed by atoms with Crippen molar-refractivity contribution >= 4 is 0 Å². The second-order valence-electron chi connectivity index (χ2n) is 3.77. The van der Waals surface area contributed by atoms with Crippen molar-refractivity contribution in [3.8, 4) is 0 Å². The van der Waals surface area contributed by atoms with E-state index in [0.717, 1.165) is 0 Å². The summed E-state index contributed by atoms with van der Waals surface area (Å²) in [5.41, 5.74) is 3.26. The highest BCUT2D eigenvalue weighted by Crippen LogP contribution is 2.16. The van der Waals surface area contributed by atoms with Crippen molar-refractivity contribution in [2.45, 2.75) is 66.2 Å². The third-order valence-corrected chi connectivity index (χ3v) is 2.54. The molecule has 0 fully saturated rings. The molecule has 0 bridgehead atoms. The minimum atomic E-state index is 1.31. The second kappa shape index (κ2) is 7.39. The molecule has 0 saturated heterocycles. The van der Waals surface area contributed by atoms with Crippen molar-refractivity contribution < 1.29 is 0 Å². The molecule has 0 amide bonds. The molecule has 0 atom stereocenters. The molecule has 0 radical (unpaired) electrons. The largest absolute Gasteiger partial charge is 0.0744 e. The van der Waals surface area contributed by atoms with Crippen molar-refractivity contribution in [3.05, 3.63) is 11.1 Å². The highest BCUT2D eigenvalue weighted by Gasteiger charge is 1.95. The molecule has 0 rings (SSSR count). The zero-order valence-corrected chi connectivity index (χ0v) is 9.24. The van der Waals surface area contributed by atoms with Gasteiger partial charge in [0.25, 0.3) is 0 Å². The van der Waals surface area contributed by atoms with Gasteiger partial charge in [-0.3, -0.25) is 0 Å². The summed E-state index contributed by atoms with van der Waals surface area (Å²) in [6.07, 6.45) is 7.97. The van der Waals surface area contributed by atoms with E-state index >= 15 is 0 Å². The van der Waals surface area contributed by atoms with Crippen LogP contribution >= 0.6 is 0 Å². The maximum Gasteiger partial charge on any atom is -0.0321 e. The van der Waals surface area contributed by atoms with Gasteiger partial charge in [0.1, 0.15) is 0 Å². The zero-order valence-electron chi connectivity index (χ0n) is 9.24. The summed E-state index contributed by atoms with van der Waals surface area (Å²) in [6.45, 7) is 9.10. The molecule has 0 aliphatic carbocycles. The van der Waals surface area contributed by atoms with Gasteiger partial charge in [0.15, 0.2) is 0 Å². The maximum atomic E-state index is 2.29. The van der Waals surface area contributed by atoms with Gasteiger partial charge >= 0.3 is 0 Å². The molecule has 72 valence electrons. The number of allylic oxidation sites excluding steroid dienone is 2. The van der Waals surface area contributed by atoms with Gasteiger partial charge in [-0.1, -0.05) is 37.8 Å². The molecule has 0 heterocycles. The van der Waals surface area contributed by atoms with Gasteiger partial charge < -0.3 is 0 Å². The predicted molar refractivity (Wildman–Crippen MR) is 57.4 cm³/mol. The van der Waals surface area contributed by atoms with Gasteiger partial charge in [0, 0.05) is 0 Å². The molecule has 0 saturated carbocycles. The Hall–Kier alpha value is -0.260. The highest BCUT2D eigenvalue weighted by molar-refractivity contribution is 5.09. The zero-order chi connectivity index (χ0) is 9.40. The molecule has 0 nitrogen and oxygen atoms in total. The minimum absolute atomic E-state index is 1.31. The summed E-state index contributed by atoms with van der Waals surface area (Å²) in [5.74, 6) is 0. The van der Waals surface area contributed by atoms with Crippen LogP contribution in [0.1, 0.15) is 66.2 Å². The smallest absolute Gasteiger partial charge is 0.0321 e. The molecular formula is C12H24. The van der Waals surface area contributed by atoms with Gasteiger partial charge in [-0.2, -0.15) is 0 Å². The monoisotopic (exact) mass is 168 g/mol. The Balaban J connectivity index is 3.72. The van der Waals surface area contributed by atoms with E-state index in [1.807, 2.05) is 0 Å². The molecular weight excluding hydrogens is 144 g/mol. The van der Waals surface area contributed by atoms with Crippen molar-refractivity contribution in [2.24, 2.45) is 0 Å². The van der Waals surface area contributed by atoms with Crippen molar-refractivity contribution in [2.75, 3.05) is 0 Å². The van der Waals surface area contributed by atoms with Gasteiger partial charge in [0.2, 0.25) is 0 Å². The molecule has 0 aliphatic heterocycles. The molecule has 0 heteroatoms. The van der Waals surface area contributed by atoms with Crippen LogP contribution in [0, 0.1) is 0 Å². The van der Waals surface area contributed by atoms with E-state index in [4.69, 9.17) is 0 Å². The predicted octanol–water partition coefficient (Wildman–Crippen LogP) is 4.70. The Bertz CT molecular complexity index is 115. The van der Waals surface area contributed by atoms with E-state index in [2.05, 4.69) is 27.7 Å². The van der Waals surface area contributed by atoms with Gasteiger partial charge in [-0.05, 0) is 39.5 Å². The minimum Gasteiger partial charge on any atom is -0.0744 e. The fourth-order valence-corrected chi connectivity index (χ4v) is 1.31. The Labute approximate surface area is 78.1 Å². The van der Waals surface area contributed by atoms with E-state index in [-0.39, 0.29) is 0 Å². The summed E-state index contributed by atoms with van der Waals surface area (Å²) in [6, 6.07) is 0. The molecule has 0 aliphatic rings. The fourth-order valence-electron chi connectivity index (χ4n) is 1.31. The van der Waals surface area contributed by atoms with Crippen LogP contribution in [0.4, 0.5) is 0 Å². The quantitative estimate of drug-likeness (QED) is 0.504. The lowest BCUT2D eigenvalue weighted by molar-refractivity contribution is 0.745. The normalized spacial score (nSPS) is 13.0. The maximum absolute atomic E-state index is 2.29. The number of rotatable bonds is 6. The summed E-state index contributed by atoms with van der Waals surface area (Å²) >= 11 is 0. The summed E-state index contributed by atoms with van der Waals surface area (Å²) < 4.78 is 0. The fraction of sp³-hybridized carbons (Fsp3) is 0.833. The van der Waals surface area contributed by atoms with E-state index in [0.29, 0.717) is 0 Å². The molecule has 0 spiro atoms. The van der Waals surface area contributed by atoms with Crippen molar-refractivity contribution in [3.63, 3.8) is 0 Å². The number of unbranched alkanes of at least 4 members (excludes halogenated alkanes) is 2. The second-order valence-corrected chi connectivity index (χ2v) is 3.77. The Morgan fingerprint density at radius 3 is 1.33 bits per heavy atom.